The van der Waals surface area contributed by atoms with Gasteiger partial charge in [0.25, 0.3) is 0 Å². The molecule has 8 heteroatoms. The number of nitrogens with one attached hydrogen (secondary N) is 1. The molecule has 2 aliphatic rings. The Morgan fingerprint density at radius 3 is 2.31 bits per heavy atom. The van der Waals surface area contributed by atoms with Crippen LogP contribution in [0.5, 0.6) is 0 Å². The van der Waals surface area contributed by atoms with E-state index in [2.05, 4.69) is 5.32 Å². The molecule has 36 heavy (non-hydrogen) atoms. The van der Waals surface area contributed by atoms with Gasteiger partial charge in [0.15, 0.2) is 5.54 Å². The third-order valence-corrected chi connectivity index (χ3v) is 7.42. The van der Waals surface area contributed by atoms with Crippen molar-refractivity contribution >= 4 is 17.8 Å². The van der Waals surface area contributed by atoms with E-state index < -0.39 is 47.0 Å². The lowest BCUT2D eigenvalue weighted by Crippen LogP contribution is -2.72. The summed E-state index contributed by atoms with van der Waals surface area (Å²) < 4.78 is 29.0. The Labute approximate surface area is 209 Å². The van der Waals surface area contributed by atoms with Crippen molar-refractivity contribution in [2.24, 2.45) is 11.8 Å². The third kappa shape index (κ3) is 4.38. The highest BCUT2D eigenvalue weighted by Crippen LogP contribution is 2.42. The molecule has 0 aromatic heterocycles. The molecule has 2 N–H and O–H groups in total. The third-order valence-electron chi connectivity index (χ3n) is 7.42. The van der Waals surface area contributed by atoms with Crippen LogP contribution in [0.25, 0.3) is 0 Å². The van der Waals surface area contributed by atoms with Crippen LogP contribution in [0.3, 0.4) is 0 Å². The number of amides is 2. The van der Waals surface area contributed by atoms with Crippen LogP contribution in [0, 0.1) is 23.5 Å². The van der Waals surface area contributed by atoms with E-state index >= 15 is 4.39 Å². The van der Waals surface area contributed by atoms with Crippen LogP contribution in [0.15, 0.2) is 42.5 Å². The molecule has 1 heterocycles. The minimum atomic E-state index is -2.16. The molecule has 2 aromatic rings. The zero-order chi connectivity index (χ0) is 26.2. The predicted octanol–water partition coefficient (Wildman–Crippen LogP) is 4.20. The first-order valence-electron chi connectivity index (χ1n) is 12.5. The number of carbonyl (C=O) groups is 3. The number of aliphatic carboxylic acids is 1. The number of piperazine rings is 1. The summed E-state index contributed by atoms with van der Waals surface area (Å²) in [5.41, 5.74) is -0.306. The van der Waals surface area contributed by atoms with E-state index in [1.54, 1.807) is 6.92 Å². The maximum Gasteiger partial charge on any atom is 0.334 e. The number of rotatable bonds is 8. The summed E-state index contributed by atoms with van der Waals surface area (Å²) in [7, 11) is 0. The Bertz CT molecular complexity index is 1160. The second kappa shape index (κ2) is 9.99. The molecule has 1 aliphatic carbocycles. The average molecular weight is 499 g/mol. The molecular formula is C28H32F2N2O4. The minimum absolute atomic E-state index is 0.0467. The van der Waals surface area contributed by atoms with Crippen molar-refractivity contribution < 1.29 is 28.3 Å². The van der Waals surface area contributed by atoms with Crippen LogP contribution in [0.2, 0.25) is 0 Å². The Hall–Kier alpha value is -3.29. The highest BCUT2D eigenvalue weighted by Gasteiger charge is 2.57. The largest absolute Gasteiger partial charge is 0.479 e. The first kappa shape index (κ1) is 25.8. The maximum absolute atomic E-state index is 15.2. The van der Waals surface area contributed by atoms with Gasteiger partial charge in [-0.1, -0.05) is 57.5 Å². The molecule has 2 amide bonds. The second-order valence-corrected chi connectivity index (χ2v) is 10.3. The van der Waals surface area contributed by atoms with Crippen molar-refractivity contribution in [2.45, 2.75) is 70.5 Å². The Morgan fingerprint density at radius 2 is 1.78 bits per heavy atom. The van der Waals surface area contributed by atoms with E-state index in [1.165, 1.54) is 0 Å². The van der Waals surface area contributed by atoms with Gasteiger partial charge in [-0.05, 0) is 54.7 Å². The van der Waals surface area contributed by atoms with Gasteiger partial charge in [0.1, 0.15) is 23.7 Å². The van der Waals surface area contributed by atoms with Gasteiger partial charge in [0.05, 0.1) is 0 Å². The normalized spacial score (nSPS) is 21.9. The summed E-state index contributed by atoms with van der Waals surface area (Å²) in [6, 6.07) is 8.44. The van der Waals surface area contributed by atoms with E-state index in [9.17, 15) is 23.9 Å². The van der Waals surface area contributed by atoms with Gasteiger partial charge in [0, 0.05) is 11.6 Å². The maximum atomic E-state index is 15.2. The number of benzene rings is 2. The van der Waals surface area contributed by atoms with E-state index in [0.29, 0.717) is 25.3 Å². The van der Waals surface area contributed by atoms with Gasteiger partial charge in [-0.15, -0.1) is 0 Å². The molecule has 3 atom stereocenters. The van der Waals surface area contributed by atoms with Gasteiger partial charge in [-0.3, -0.25) is 9.59 Å². The highest BCUT2D eigenvalue weighted by atomic mass is 19.1. The van der Waals surface area contributed by atoms with E-state index in [-0.39, 0.29) is 30.2 Å². The Kier molecular flexibility index (Phi) is 7.16. The van der Waals surface area contributed by atoms with Crippen molar-refractivity contribution in [3.05, 3.63) is 70.8 Å². The van der Waals surface area contributed by atoms with Crippen LogP contribution >= 0.6 is 0 Å². The Balaban J connectivity index is 1.86. The topological polar surface area (TPSA) is 86.7 Å². The average Bonchev–Trinajstić information content (AvgIpc) is 3.24. The lowest BCUT2D eigenvalue weighted by molar-refractivity contribution is -0.173. The molecule has 192 valence electrons. The van der Waals surface area contributed by atoms with Crippen LogP contribution < -0.4 is 5.32 Å². The van der Waals surface area contributed by atoms with E-state index in [4.69, 9.17) is 0 Å². The van der Waals surface area contributed by atoms with Crippen LogP contribution in [-0.2, 0) is 32.8 Å². The lowest BCUT2D eigenvalue weighted by Gasteiger charge is -2.50. The molecule has 1 fully saturated rings. The first-order chi connectivity index (χ1) is 17.1. The summed E-state index contributed by atoms with van der Waals surface area (Å²) in [4.78, 5) is 41.9. The van der Waals surface area contributed by atoms with Gasteiger partial charge >= 0.3 is 5.97 Å². The van der Waals surface area contributed by atoms with Gasteiger partial charge in [-0.2, -0.15) is 0 Å². The van der Waals surface area contributed by atoms with E-state index in [1.807, 2.05) is 38.1 Å². The minimum Gasteiger partial charge on any atom is -0.479 e. The number of fused-ring (bicyclic) bond motifs is 1. The molecule has 0 spiro atoms. The highest BCUT2D eigenvalue weighted by molar-refractivity contribution is 6.00. The molecule has 0 radical (unpaired) electrons. The van der Waals surface area contributed by atoms with Crippen molar-refractivity contribution in [1.29, 1.82) is 0 Å². The zero-order valence-electron chi connectivity index (χ0n) is 20.8. The van der Waals surface area contributed by atoms with E-state index in [0.717, 1.165) is 28.2 Å². The van der Waals surface area contributed by atoms with Crippen molar-refractivity contribution in [3.63, 3.8) is 0 Å². The fourth-order valence-electron chi connectivity index (χ4n) is 5.89. The number of carboxylic acids is 1. The van der Waals surface area contributed by atoms with Gasteiger partial charge < -0.3 is 15.3 Å². The molecule has 0 saturated carbocycles. The fraction of sp³-hybridized carbons (Fsp3) is 0.464. The van der Waals surface area contributed by atoms with Gasteiger partial charge in [0.2, 0.25) is 11.8 Å². The van der Waals surface area contributed by atoms with Gasteiger partial charge in [-0.25, -0.2) is 13.6 Å². The summed E-state index contributed by atoms with van der Waals surface area (Å²) in [5.74, 6) is -4.65. The first-order valence-corrected chi connectivity index (χ1v) is 12.5. The smallest absolute Gasteiger partial charge is 0.334 e. The quantitative estimate of drug-likeness (QED) is 0.571. The zero-order valence-corrected chi connectivity index (χ0v) is 20.8. The molecule has 4 rings (SSSR count). The number of carbonyl (C=O) groups excluding carboxylic acids is 2. The molecule has 1 aliphatic heterocycles. The summed E-state index contributed by atoms with van der Waals surface area (Å²) in [6.45, 7) is 5.48. The number of halogens is 2. The standard InChI is InChI=1S/C28H32F2N2O4/c1-4-11-28(27(35)36,21-10-9-20(29)15-22(21)30)32-23(12-16(2)3)25(33)31-24(26(32)34)19-13-17-7-5-6-8-18(17)14-19/h5-10,15-16,19,23-24H,4,11-14H2,1-3H3,(H,31,33)(H,35,36)/t23-,24-,28-/m1/s1. The molecule has 2 aromatic carbocycles. The van der Waals surface area contributed by atoms with Crippen molar-refractivity contribution in [1.82, 2.24) is 10.2 Å². The molecule has 6 nitrogen and oxygen atoms in total. The fourth-order valence-corrected chi connectivity index (χ4v) is 5.89. The van der Waals surface area contributed by atoms with Crippen molar-refractivity contribution in [2.75, 3.05) is 0 Å². The predicted molar refractivity (Wildman–Crippen MR) is 130 cm³/mol. The van der Waals surface area contributed by atoms with Crippen LogP contribution in [-0.4, -0.2) is 39.9 Å². The number of hydrogen-bond donors (Lipinski definition) is 2. The number of nitrogens with zero attached hydrogens (tertiary/aromatic N) is 1. The number of carboxylic acid groups (broad SMARTS) is 1. The molecule has 1 saturated heterocycles. The summed E-state index contributed by atoms with van der Waals surface area (Å²) in [6.07, 6.45) is 1.50. The summed E-state index contributed by atoms with van der Waals surface area (Å²) >= 11 is 0. The lowest BCUT2D eigenvalue weighted by atomic mass is 9.78. The molecule has 0 bridgehead atoms. The summed E-state index contributed by atoms with van der Waals surface area (Å²) in [5, 5.41) is 13.5. The van der Waals surface area contributed by atoms with Crippen LogP contribution in [0.1, 0.15) is 56.7 Å². The molecule has 0 unspecified atom stereocenters. The monoisotopic (exact) mass is 498 g/mol. The molecular weight excluding hydrogens is 466 g/mol. The Morgan fingerprint density at radius 1 is 1.14 bits per heavy atom. The number of hydrogen-bond acceptors (Lipinski definition) is 3. The van der Waals surface area contributed by atoms with Crippen LogP contribution in [0.4, 0.5) is 8.78 Å². The SMILES string of the molecule is CCC[C@](C(=O)O)(c1ccc(F)cc1F)N1C(=O)[C@@H](C2Cc3ccccc3C2)NC(=O)[C@H]1CC(C)C. The van der Waals surface area contributed by atoms with Crippen molar-refractivity contribution in [3.8, 4) is 0 Å². The second-order valence-electron chi connectivity index (χ2n) is 10.3.